The number of benzene rings is 8. The van der Waals surface area contributed by atoms with Crippen molar-refractivity contribution in [2.45, 2.75) is 0 Å². The lowest BCUT2D eigenvalue weighted by molar-refractivity contribution is 1.15. The highest BCUT2D eigenvalue weighted by atomic mass is 15.0. The van der Waals surface area contributed by atoms with E-state index in [1.54, 1.807) is 0 Å². The van der Waals surface area contributed by atoms with Gasteiger partial charge in [-0.2, -0.15) is 0 Å². The van der Waals surface area contributed by atoms with Crippen LogP contribution in [0.15, 0.2) is 194 Å². The van der Waals surface area contributed by atoms with E-state index in [9.17, 15) is 0 Å². The van der Waals surface area contributed by atoms with E-state index in [0.717, 1.165) is 50.4 Å². The van der Waals surface area contributed by atoms with Crippen LogP contribution < -0.4 is 0 Å². The highest BCUT2D eigenvalue weighted by Crippen LogP contribution is 2.47. The van der Waals surface area contributed by atoms with Gasteiger partial charge in [-0.05, 0) is 76.3 Å². The Balaban J connectivity index is 1.08. The summed E-state index contributed by atoms with van der Waals surface area (Å²) in [5.41, 5.74) is 16.9. The largest absolute Gasteiger partial charge is 0.309 e. The van der Waals surface area contributed by atoms with Crippen LogP contribution in [-0.2, 0) is 0 Å². The van der Waals surface area contributed by atoms with Gasteiger partial charge in [0.15, 0.2) is 5.82 Å². The summed E-state index contributed by atoms with van der Waals surface area (Å²) in [5, 5.41) is 4.98. The molecule has 0 atom stereocenters. The van der Waals surface area contributed by atoms with E-state index in [2.05, 4.69) is 197 Å². The number of hydrogen-bond donors (Lipinski definition) is 0. The summed E-state index contributed by atoms with van der Waals surface area (Å²) in [7, 11) is 0. The molecule has 0 saturated carbocycles. The number of para-hydroxylation sites is 3. The van der Waals surface area contributed by atoms with Crippen LogP contribution in [0, 0.1) is 0 Å². The van der Waals surface area contributed by atoms with Crippen molar-refractivity contribution in [1.82, 2.24) is 19.1 Å². The first kappa shape index (κ1) is 30.9. The SMILES string of the molecule is c1ccc(-n2c3ccccc3c3c4c5ccccc5n(-c5cccc(-c6ncc7c(n6)-c6ccccc6-c6ccccc6-c6ccccc6-7)c5)c4ccc32)cc1. The predicted octanol–water partition coefficient (Wildman–Crippen LogP) is 13.3. The average Bonchev–Trinajstić information content (AvgIpc) is 3.79. The summed E-state index contributed by atoms with van der Waals surface area (Å²) in [5.74, 6) is 0.695. The van der Waals surface area contributed by atoms with E-state index in [1.807, 2.05) is 6.20 Å². The van der Waals surface area contributed by atoms with Crippen LogP contribution >= 0.6 is 0 Å². The van der Waals surface area contributed by atoms with Crippen LogP contribution in [-0.4, -0.2) is 19.1 Å². The Bertz CT molecular complexity index is 3360. The number of nitrogens with zero attached hydrogens (tertiary/aromatic N) is 4. The van der Waals surface area contributed by atoms with Crippen LogP contribution in [0.25, 0.3) is 111 Å². The van der Waals surface area contributed by atoms with Crippen molar-refractivity contribution >= 4 is 43.6 Å². The number of rotatable bonds is 3. The number of fused-ring (bicyclic) bond motifs is 15. The molecule has 0 saturated heterocycles. The predicted molar refractivity (Wildman–Crippen MR) is 231 cm³/mol. The first-order valence-electron chi connectivity index (χ1n) is 19.1. The van der Waals surface area contributed by atoms with Gasteiger partial charge in [0, 0.05) is 55.8 Å². The normalized spacial score (nSPS) is 11.9. The second kappa shape index (κ2) is 12.0. The van der Waals surface area contributed by atoms with E-state index < -0.39 is 0 Å². The van der Waals surface area contributed by atoms with Gasteiger partial charge in [-0.25, -0.2) is 9.97 Å². The fraction of sp³-hybridized carbons (Fsp3) is 0. The monoisotopic (exact) mass is 712 g/mol. The molecular weight excluding hydrogens is 681 g/mol. The summed E-state index contributed by atoms with van der Waals surface area (Å²) in [4.78, 5) is 10.5. The Labute approximate surface area is 323 Å². The minimum Gasteiger partial charge on any atom is -0.309 e. The van der Waals surface area contributed by atoms with Crippen LogP contribution in [0.2, 0.25) is 0 Å². The topological polar surface area (TPSA) is 35.6 Å². The van der Waals surface area contributed by atoms with E-state index in [-0.39, 0.29) is 0 Å². The first-order valence-corrected chi connectivity index (χ1v) is 19.1. The molecule has 12 rings (SSSR count). The van der Waals surface area contributed by atoms with Gasteiger partial charge in [-0.1, -0.05) is 140 Å². The molecule has 0 amide bonds. The Hall–Kier alpha value is -7.56. The third-order valence-electron chi connectivity index (χ3n) is 11.5. The molecule has 1 aliphatic rings. The molecule has 0 bridgehead atoms. The van der Waals surface area contributed by atoms with Crippen molar-refractivity contribution in [3.05, 3.63) is 194 Å². The van der Waals surface area contributed by atoms with Gasteiger partial charge in [0.25, 0.3) is 0 Å². The molecule has 56 heavy (non-hydrogen) atoms. The van der Waals surface area contributed by atoms with Crippen LogP contribution in [0.4, 0.5) is 0 Å². The van der Waals surface area contributed by atoms with Gasteiger partial charge in [-0.3, -0.25) is 0 Å². The van der Waals surface area contributed by atoms with Gasteiger partial charge in [0.1, 0.15) is 0 Å². The van der Waals surface area contributed by atoms with Crippen molar-refractivity contribution in [3.8, 4) is 67.4 Å². The average molecular weight is 713 g/mol. The maximum Gasteiger partial charge on any atom is 0.159 e. The zero-order valence-electron chi connectivity index (χ0n) is 30.3. The molecule has 3 aromatic heterocycles. The van der Waals surface area contributed by atoms with Crippen molar-refractivity contribution < 1.29 is 0 Å². The molecule has 0 fully saturated rings. The minimum absolute atomic E-state index is 0.695. The molecule has 3 heterocycles. The fourth-order valence-electron chi connectivity index (χ4n) is 9.19. The summed E-state index contributed by atoms with van der Waals surface area (Å²) < 4.78 is 4.79. The van der Waals surface area contributed by atoms with E-state index in [0.29, 0.717) is 5.82 Å². The Kier molecular flexibility index (Phi) is 6.60. The highest BCUT2D eigenvalue weighted by molar-refractivity contribution is 6.29. The molecule has 1 aliphatic carbocycles. The van der Waals surface area contributed by atoms with Gasteiger partial charge in [0.05, 0.1) is 27.8 Å². The quantitative estimate of drug-likeness (QED) is 0.183. The molecule has 0 radical (unpaired) electrons. The molecule has 4 nitrogen and oxygen atoms in total. The summed E-state index contributed by atoms with van der Waals surface area (Å²) >= 11 is 0. The Morgan fingerprint density at radius 3 is 1.41 bits per heavy atom. The van der Waals surface area contributed by atoms with Crippen molar-refractivity contribution in [3.63, 3.8) is 0 Å². The molecule has 260 valence electrons. The first-order chi connectivity index (χ1) is 27.8. The molecule has 0 N–H and O–H groups in total. The van der Waals surface area contributed by atoms with Gasteiger partial charge in [0.2, 0.25) is 0 Å². The van der Waals surface area contributed by atoms with Crippen LogP contribution in [0.3, 0.4) is 0 Å². The lowest BCUT2D eigenvalue weighted by Gasteiger charge is -2.22. The third-order valence-corrected chi connectivity index (χ3v) is 11.5. The molecule has 0 spiro atoms. The zero-order valence-corrected chi connectivity index (χ0v) is 30.3. The van der Waals surface area contributed by atoms with E-state index in [1.165, 1.54) is 54.8 Å². The van der Waals surface area contributed by atoms with Gasteiger partial charge >= 0.3 is 0 Å². The number of aromatic nitrogens is 4. The Morgan fingerprint density at radius 1 is 0.339 bits per heavy atom. The molecular formula is C52H32N4. The van der Waals surface area contributed by atoms with Gasteiger partial charge in [-0.15, -0.1) is 0 Å². The molecule has 11 aromatic rings. The standard InChI is InChI=1S/C52H32N4/c1-2-16-34(17-3-1)55-45-27-12-10-25-42(45)49-47(55)29-30-48-50(49)43-26-11-13-28-46(43)56(48)35-18-14-15-33(31-35)52-53-32-44-40-23-7-6-21-38(40)36-19-4-5-20-37(36)39-22-8-9-24-41(39)51(44)54-52/h1-32H. The number of hydrogen-bond acceptors (Lipinski definition) is 2. The second-order valence-corrected chi connectivity index (χ2v) is 14.5. The third kappa shape index (κ3) is 4.41. The van der Waals surface area contributed by atoms with E-state index in [4.69, 9.17) is 9.97 Å². The summed E-state index contributed by atoms with van der Waals surface area (Å²) in [6.07, 6.45) is 2.02. The summed E-state index contributed by atoms with van der Waals surface area (Å²) in [6.45, 7) is 0. The molecule has 0 unspecified atom stereocenters. The zero-order chi connectivity index (χ0) is 36.7. The van der Waals surface area contributed by atoms with Crippen LogP contribution in [0.1, 0.15) is 0 Å². The lowest BCUT2D eigenvalue weighted by Crippen LogP contribution is -2.01. The summed E-state index contributed by atoms with van der Waals surface area (Å²) in [6, 6.07) is 67.4. The van der Waals surface area contributed by atoms with Gasteiger partial charge < -0.3 is 9.13 Å². The molecule has 0 aliphatic heterocycles. The molecule has 8 aromatic carbocycles. The van der Waals surface area contributed by atoms with E-state index >= 15 is 0 Å². The van der Waals surface area contributed by atoms with Crippen molar-refractivity contribution in [1.29, 1.82) is 0 Å². The Morgan fingerprint density at radius 2 is 0.804 bits per heavy atom. The highest BCUT2D eigenvalue weighted by Gasteiger charge is 2.24. The smallest absolute Gasteiger partial charge is 0.159 e. The maximum atomic E-state index is 5.43. The maximum absolute atomic E-state index is 5.43. The second-order valence-electron chi connectivity index (χ2n) is 14.5. The van der Waals surface area contributed by atoms with Crippen molar-refractivity contribution in [2.75, 3.05) is 0 Å². The van der Waals surface area contributed by atoms with Crippen LogP contribution in [0.5, 0.6) is 0 Å². The van der Waals surface area contributed by atoms with Crippen molar-refractivity contribution in [2.24, 2.45) is 0 Å². The molecule has 4 heteroatoms. The fourth-order valence-corrected chi connectivity index (χ4v) is 9.19. The minimum atomic E-state index is 0.695. The lowest BCUT2D eigenvalue weighted by atomic mass is 9.83.